The van der Waals surface area contributed by atoms with Crippen molar-refractivity contribution in [3.05, 3.63) is 58.6 Å². The van der Waals surface area contributed by atoms with Crippen LogP contribution in [-0.2, 0) is 4.79 Å². The fourth-order valence-electron chi connectivity index (χ4n) is 2.07. The second kappa shape index (κ2) is 7.09. The summed E-state index contributed by atoms with van der Waals surface area (Å²) in [4.78, 5) is 23.6. The van der Waals surface area contributed by atoms with Crippen molar-refractivity contribution in [3.63, 3.8) is 0 Å². The monoisotopic (exact) mass is 316 g/mol. The third-order valence-corrected chi connectivity index (χ3v) is 3.70. The van der Waals surface area contributed by atoms with Crippen LogP contribution in [0.25, 0.3) is 0 Å². The van der Waals surface area contributed by atoms with Crippen LogP contribution in [-0.4, -0.2) is 18.2 Å². The molecule has 0 spiro atoms. The summed E-state index contributed by atoms with van der Waals surface area (Å²) in [5.74, 6) is -0.317. The lowest BCUT2D eigenvalue weighted by atomic mass is 10.1. The maximum atomic E-state index is 12.0. The van der Waals surface area contributed by atoms with E-state index in [-0.39, 0.29) is 18.2 Å². The average Bonchev–Trinajstić information content (AvgIpc) is 2.49. The molecule has 0 atom stereocenters. The summed E-state index contributed by atoms with van der Waals surface area (Å²) in [6, 6.07) is 12.4. The standard InChI is InChI=1S/C17H17ClN2O2/c1-11-14(18)7-5-9-15(11)19-10-17(22)20-16-8-4-3-6-13(16)12(2)21/h3-9,19H,10H2,1-2H3,(H,20,22). The average molecular weight is 317 g/mol. The zero-order valence-corrected chi connectivity index (χ0v) is 13.2. The van der Waals surface area contributed by atoms with E-state index < -0.39 is 0 Å². The van der Waals surface area contributed by atoms with Gasteiger partial charge >= 0.3 is 0 Å². The second-order valence-corrected chi connectivity index (χ2v) is 5.32. The number of carbonyl (C=O) groups is 2. The highest BCUT2D eigenvalue weighted by molar-refractivity contribution is 6.31. The van der Waals surface area contributed by atoms with Gasteiger partial charge in [-0.1, -0.05) is 29.8 Å². The van der Waals surface area contributed by atoms with Crippen LogP contribution in [0.1, 0.15) is 22.8 Å². The Hall–Kier alpha value is -2.33. The molecule has 22 heavy (non-hydrogen) atoms. The highest BCUT2D eigenvalue weighted by atomic mass is 35.5. The van der Waals surface area contributed by atoms with E-state index in [0.29, 0.717) is 16.3 Å². The molecular weight excluding hydrogens is 300 g/mol. The number of amides is 1. The Morgan fingerprint density at radius 2 is 1.73 bits per heavy atom. The Morgan fingerprint density at radius 1 is 1.05 bits per heavy atom. The number of rotatable bonds is 5. The van der Waals surface area contributed by atoms with Crippen LogP contribution in [0.3, 0.4) is 0 Å². The van der Waals surface area contributed by atoms with Crippen LogP contribution < -0.4 is 10.6 Å². The Bertz CT molecular complexity index is 714. The van der Waals surface area contributed by atoms with E-state index in [2.05, 4.69) is 10.6 Å². The minimum Gasteiger partial charge on any atom is -0.376 e. The number of hydrogen-bond acceptors (Lipinski definition) is 3. The molecule has 2 rings (SSSR count). The molecule has 2 aromatic carbocycles. The molecule has 0 aliphatic heterocycles. The van der Waals surface area contributed by atoms with Gasteiger partial charge in [0.05, 0.1) is 12.2 Å². The number of benzene rings is 2. The number of para-hydroxylation sites is 1. The first kappa shape index (κ1) is 16.0. The quantitative estimate of drug-likeness (QED) is 0.822. The third kappa shape index (κ3) is 3.86. The molecule has 0 unspecified atom stereocenters. The van der Waals surface area contributed by atoms with Gasteiger partial charge in [-0.25, -0.2) is 0 Å². The summed E-state index contributed by atoms with van der Waals surface area (Å²) in [6.07, 6.45) is 0. The zero-order chi connectivity index (χ0) is 16.1. The lowest BCUT2D eigenvalue weighted by Crippen LogP contribution is -2.23. The molecule has 0 bridgehead atoms. The molecule has 0 saturated heterocycles. The molecular formula is C17H17ClN2O2. The first-order valence-corrected chi connectivity index (χ1v) is 7.25. The van der Waals surface area contributed by atoms with Crippen LogP contribution >= 0.6 is 11.6 Å². The predicted molar refractivity (Wildman–Crippen MR) is 89.8 cm³/mol. The summed E-state index contributed by atoms with van der Waals surface area (Å²) in [5, 5.41) is 6.43. The number of hydrogen-bond donors (Lipinski definition) is 2. The SMILES string of the molecule is CC(=O)c1ccccc1NC(=O)CNc1cccc(Cl)c1C. The van der Waals surface area contributed by atoms with Gasteiger partial charge < -0.3 is 10.6 Å². The fraction of sp³-hybridized carbons (Fsp3) is 0.176. The van der Waals surface area contributed by atoms with E-state index in [1.165, 1.54) is 6.92 Å². The molecule has 5 heteroatoms. The van der Waals surface area contributed by atoms with Crippen LogP contribution in [0.5, 0.6) is 0 Å². The molecule has 2 N–H and O–H groups in total. The number of Topliss-reactive ketones (excluding diaryl/α,β-unsaturated/α-hetero) is 1. The predicted octanol–water partition coefficient (Wildman–Crippen LogP) is 3.90. The minimum absolute atomic E-state index is 0.0884. The van der Waals surface area contributed by atoms with Crippen molar-refractivity contribution >= 4 is 34.7 Å². The van der Waals surface area contributed by atoms with Gasteiger partial charge in [0.2, 0.25) is 5.91 Å². The van der Waals surface area contributed by atoms with Gasteiger partial charge in [0.25, 0.3) is 0 Å². The highest BCUT2D eigenvalue weighted by Crippen LogP contribution is 2.22. The molecule has 0 aliphatic carbocycles. The topological polar surface area (TPSA) is 58.2 Å². The highest BCUT2D eigenvalue weighted by Gasteiger charge is 2.10. The Morgan fingerprint density at radius 3 is 2.45 bits per heavy atom. The van der Waals surface area contributed by atoms with Gasteiger partial charge in [0.15, 0.2) is 5.78 Å². The molecule has 0 heterocycles. The van der Waals surface area contributed by atoms with Crippen molar-refractivity contribution < 1.29 is 9.59 Å². The molecule has 0 fully saturated rings. The molecule has 114 valence electrons. The van der Waals surface area contributed by atoms with Crippen molar-refractivity contribution in [1.82, 2.24) is 0 Å². The van der Waals surface area contributed by atoms with E-state index >= 15 is 0 Å². The van der Waals surface area contributed by atoms with Crippen molar-refractivity contribution in [1.29, 1.82) is 0 Å². The second-order valence-electron chi connectivity index (χ2n) is 4.92. The first-order chi connectivity index (χ1) is 10.5. The lowest BCUT2D eigenvalue weighted by molar-refractivity contribution is -0.114. The van der Waals surface area contributed by atoms with E-state index in [0.717, 1.165) is 11.3 Å². The summed E-state index contributed by atoms with van der Waals surface area (Å²) >= 11 is 6.04. The fourth-order valence-corrected chi connectivity index (χ4v) is 2.24. The van der Waals surface area contributed by atoms with Gasteiger partial charge in [-0.3, -0.25) is 9.59 Å². The first-order valence-electron chi connectivity index (χ1n) is 6.88. The number of carbonyl (C=O) groups excluding carboxylic acids is 2. The molecule has 0 aromatic heterocycles. The van der Waals surface area contributed by atoms with E-state index in [4.69, 9.17) is 11.6 Å². The minimum atomic E-state index is -0.229. The van der Waals surface area contributed by atoms with Crippen LogP contribution in [0, 0.1) is 6.92 Å². The van der Waals surface area contributed by atoms with E-state index in [1.54, 1.807) is 30.3 Å². The van der Waals surface area contributed by atoms with Gasteiger partial charge in [0.1, 0.15) is 0 Å². The van der Waals surface area contributed by atoms with Crippen molar-refractivity contribution in [3.8, 4) is 0 Å². The summed E-state index contributed by atoms with van der Waals surface area (Å²) in [5.41, 5.74) is 2.71. The summed E-state index contributed by atoms with van der Waals surface area (Å²) in [6.45, 7) is 3.44. The Balaban J connectivity index is 2.02. The van der Waals surface area contributed by atoms with Gasteiger partial charge in [-0.15, -0.1) is 0 Å². The van der Waals surface area contributed by atoms with Crippen molar-refractivity contribution in [2.45, 2.75) is 13.8 Å². The molecule has 0 radical (unpaired) electrons. The number of halogens is 1. The van der Waals surface area contributed by atoms with Crippen LogP contribution in [0.2, 0.25) is 5.02 Å². The smallest absolute Gasteiger partial charge is 0.243 e. The van der Waals surface area contributed by atoms with Crippen LogP contribution in [0.15, 0.2) is 42.5 Å². The normalized spacial score (nSPS) is 10.1. The maximum Gasteiger partial charge on any atom is 0.243 e. The third-order valence-electron chi connectivity index (χ3n) is 3.29. The molecule has 4 nitrogen and oxygen atoms in total. The van der Waals surface area contributed by atoms with Crippen molar-refractivity contribution in [2.24, 2.45) is 0 Å². The molecule has 0 saturated carbocycles. The molecule has 1 amide bonds. The van der Waals surface area contributed by atoms with Gasteiger partial charge in [-0.2, -0.15) is 0 Å². The van der Waals surface area contributed by atoms with Crippen LogP contribution in [0.4, 0.5) is 11.4 Å². The van der Waals surface area contributed by atoms with E-state index in [9.17, 15) is 9.59 Å². The zero-order valence-electron chi connectivity index (χ0n) is 12.4. The summed E-state index contributed by atoms with van der Waals surface area (Å²) < 4.78 is 0. The van der Waals surface area contributed by atoms with Gasteiger partial charge in [-0.05, 0) is 43.7 Å². The molecule has 0 aliphatic rings. The number of ketones is 1. The Labute approximate surface area is 134 Å². The van der Waals surface area contributed by atoms with E-state index in [1.807, 2.05) is 19.1 Å². The number of nitrogens with one attached hydrogen (secondary N) is 2. The Kier molecular flexibility index (Phi) is 5.17. The number of anilines is 2. The molecule has 2 aromatic rings. The maximum absolute atomic E-state index is 12.0. The van der Waals surface area contributed by atoms with Crippen molar-refractivity contribution in [2.75, 3.05) is 17.2 Å². The summed E-state index contributed by atoms with van der Waals surface area (Å²) in [7, 11) is 0. The lowest BCUT2D eigenvalue weighted by Gasteiger charge is -2.12. The largest absolute Gasteiger partial charge is 0.376 e. The van der Waals surface area contributed by atoms with Gasteiger partial charge in [0, 0.05) is 16.3 Å².